The van der Waals surface area contributed by atoms with Crippen LogP contribution in [0.3, 0.4) is 0 Å². The van der Waals surface area contributed by atoms with E-state index in [4.69, 9.17) is 11.6 Å². The van der Waals surface area contributed by atoms with Gasteiger partial charge in [-0.1, -0.05) is 25.4 Å². The Hall–Kier alpha value is -0.870. The summed E-state index contributed by atoms with van der Waals surface area (Å²) in [4.78, 5) is 10.6. The lowest BCUT2D eigenvalue weighted by molar-refractivity contribution is 0.265. The Morgan fingerprint density at radius 2 is 2.00 bits per heavy atom. The number of likely N-dealkylation sites (N-methyl/N-ethyl adjacent to an activating group) is 1. The molecule has 4 nitrogen and oxygen atoms in total. The smallest absolute Gasteiger partial charge is 0.134 e. The zero-order chi connectivity index (χ0) is 13.7. The summed E-state index contributed by atoms with van der Waals surface area (Å²) in [5.41, 5.74) is 0. The Bertz CT molecular complexity index is 359. The molecule has 0 amide bonds. The van der Waals surface area contributed by atoms with Gasteiger partial charge in [0.2, 0.25) is 0 Å². The second-order valence-corrected chi connectivity index (χ2v) is 5.64. The summed E-state index contributed by atoms with van der Waals surface area (Å²) >= 11 is 5.91. The van der Waals surface area contributed by atoms with Crippen LogP contribution in [-0.2, 0) is 0 Å². The molecule has 1 aromatic rings. The molecule has 18 heavy (non-hydrogen) atoms. The Morgan fingerprint density at radius 1 is 1.33 bits per heavy atom. The molecule has 0 saturated carbocycles. The van der Waals surface area contributed by atoms with E-state index in [9.17, 15) is 0 Å². The summed E-state index contributed by atoms with van der Waals surface area (Å²) in [6, 6.07) is 2.25. The normalized spacial score (nSPS) is 13.1. The fourth-order valence-electron chi connectivity index (χ4n) is 1.87. The third kappa shape index (κ3) is 5.19. The standard InChI is InChI=1S/C13H23ClN4/c1-9(2)6-11(18(4)5)8-15-13-7-12(14)16-10(3)17-13/h7,9,11H,6,8H2,1-5H3,(H,15,16,17). The predicted octanol–water partition coefficient (Wildman–Crippen LogP) is 2.83. The lowest BCUT2D eigenvalue weighted by atomic mass is 10.0. The maximum atomic E-state index is 5.91. The van der Waals surface area contributed by atoms with Crippen molar-refractivity contribution in [3.05, 3.63) is 17.0 Å². The molecule has 0 aliphatic carbocycles. The Kier molecular flexibility index (Phi) is 5.82. The third-order valence-corrected chi connectivity index (χ3v) is 2.99. The van der Waals surface area contributed by atoms with Crippen LogP contribution in [0, 0.1) is 12.8 Å². The van der Waals surface area contributed by atoms with E-state index in [0.717, 1.165) is 18.8 Å². The van der Waals surface area contributed by atoms with Crippen molar-refractivity contribution in [3.8, 4) is 0 Å². The SMILES string of the molecule is Cc1nc(Cl)cc(NCC(CC(C)C)N(C)C)n1. The molecule has 102 valence electrons. The van der Waals surface area contributed by atoms with Gasteiger partial charge in [-0.2, -0.15) is 0 Å². The summed E-state index contributed by atoms with van der Waals surface area (Å²) < 4.78 is 0. The zero-order valence-corrected chi connectivity index (χ0v) is 12.6. The van der Waals surface area contributed by atoms with Gasteiger partial charge in [0.05, 0.1) is 0 Å². The lowest BCUT2D eigenvalue weighted by Crippen LogP contribution is -2.35. The molecule has 1 atom stereocenters. The van der Waals surface area contributed by atoms with Crippen LogP contribution in [0.15, 0.2) is 6.07 Å². The average molecular weight is 271 g/mol. The molecule has 0 radical (unpaired) electrons. The lowest BCUT2D eigenvalue weighted by Gasteiger charge is -2.26. The van der Waals surface area contributed by atoms with Gasteiger partial charge in [-0.15, -0.1) is 0 Å². The fraction of sp³-hybridized carbons (Fsp3) is 0.692. The second kappa shape index (κ2) is 6.90. The van der Waals surface area contributed by atoms with E-state index in [2.05, 4.69) is 48.1 Å². The van der Waals surface area contributed by atoms with Crippen LogP contribution in [0.2, 0.25) is 5.15 Å². The summed E-state index contributed by atoms with van der Waals surface area (Å²) in [6.45, 7) is 7.18. The van der Waals surface area contributed by atoms with Crippen LogP contribution in [0.25, 0.3) is 0 Å². The van der Waals surface area contributed by atoms with Gasteiger partial charge in [0, 0.05) is 18.7 Å². The Labute approximate surface area is 115 Å². The minimum atomic E-state index is 0.482. The molecule has 1 rings (SSSR count). The van der Waals surface area contributed by atoms with Gasteiger partial charge < -0.3 is 10.2 Å². The first-order valence-electron chi connectivity index (χ1n) is 6.30. The molecule has 0 saturated heterocycles. The summed E-state index contributed by atoms with van der Waals surface area (Å²) in [5.74, 6) is 2.16. The summed E-state index contributed by atoms with van der Waals surface area (Å²) in [5, 5.41) is 3.82. The topological polar surface area (TPSA) is 41.1 Å². The minimum absolute atomic E-state index is 0.482. The van der Waals surface area contributed by atoms with Crippen molar-refractivity contribution in [3.63, 3.8) is 0 Å². The maximum Gasteiger partial charge on any atom is 0.134 e. The van der Waals surface area contributed by atoms with Crippen LogP contribution in [-0.4, -0.2) is 41.5 Å². The molecule has 0 bridgehead atoms. The molecule has 1 aromatic heterocycles. The van der Waals surface area contributed by atoms with Gasteiger partial charge in [-0.3, -0.25) is 0 Å². The average Bonchev–Trinajstić information content (AvgIpc) is 2.21. The van der Waals surface area contributed by atoms with Crippen molar-refractivity contribution in [2.75, 3.05) is 26.0 Å². The molecule has 5 heteroatoms. The van der Waals surface area contributed by atoms with Crippen LogP contribution in [0.5, 0.6) is 0 Å². The van der Waals surface area contributed by atoms with Gasteiger partial charge in [-0.25, -0.2) is 9.97 Å². The quantitative estimate of drug-likeness (QED) is 0.807. The van der Waals surface area contributed by atoms with Crippen molar-refractivity contribution < 1.29 is 0 Å². The van der Waals surface area contributed by atoms with Crippen LogP contribution in [0.4, 0.5) is 5.82 Å². The van der Waals surface area contributed by atoms with E-state index in [1.807, 2.05) is 6.92 Å². The molecule has 0 aliphatic rings. The predicted molar refractivity (Wildman–Crippen MR) is 77.2 cm³/mol. The first kappa shape index (κ1) is 15.2. The number of aryl methyl sites for hydroxylation is 1. The molecule has 1 heterocycles. The van der Waals surface area contributed by atoms with Crippen molar-refractivity contribution in [1.29, 1.82) is 0 Å². The highest BCUT2D eigenvalue weighted by Crippen LogP contribution is 2.13. The Morgan fingerprint density at radius 3 is 2.50 bits per heavy atom. The summed E-state index contributed by atoms with van der Waals surface area (Å²) in [6.07, 6.45) is 1.15. The maximum absolute atomic E-state index is 5.91. The van der Waals surface area contributed by atoms with E-state index in [-0.39, 0.29) is 0 Å². The highest BCUT2D eigenvalue weighted by atomic mass is 35.5. The molecule has 1 N–H and O–H groups in total. The first-order valence-corrected chi connectivity index (χ1v) is 6.67. The fourth-order valence-corrected chi connectivity index (χ4v) is 2.09. The van der Waals surface area contributed by atoms with E-state index in [0.29, 0.717) is 22.9 Å². The van der Waals surface area contributed by atoms with Crippen molar-refractivity contribution >= 4 is 17.4 Å². The zero-order valence-electron chi connectivity index (χ0n) is 11.9. The van der Waals surface area contributed by atoms with Gasteiger partial charge in [-0.05, 0) is 33.4 Å². The number of aromatic nitrogens is 2. The van der Waals surface area contributed by atoms with Crippen LogP contribution < -0.4 is 5.32 Å². The van der Waals surface area contributed by atoms with Crippen molar-refractivity contribution in [1.82, 2.24) is 14.9 Å². The molecular weight excluding hydrogens is 248 g/mol. The van der Waals surface area contributed by atoms with Gasteiger partial charge in [0.25, 0.3) is 0 Å². The number of nitrogens with one attached hydrogen (secondary N) is 1. The van der Waals surface area contributed by atoms with Crippen molar-refractivity contribution in [2.45, 2.75) is 33.2 Å². The van der Waals surface area contributed by atoms with Crippen molar-refractivity contribution in [2.24, 2.45) is 5.92 Å². The molecule has 0 aromatic carbocycles. The highest BCUT2D eigenvalue weighted by Gasteiger charge is 2.13. The molecule has 0 spiro atoms. The largest absolute Gasteiger partial charge is 0.368 e. The third-order valence-electron chi connectivity index (χ3n) is 2.80. The second-order valence-electron chi connectivity index (χ2n) is 5.25. The number of rotatable bonds is 6. The molecule has 0 aliphatic heterocycles. The molecule has 0 fully saturated rings. The monoisotopic (exact) mass is 270 g/mol. The van der Waals surface area contributed by atoms with Gasteiger partial charge in [0.1, 0.15) is 16.8 Å². The van der Waals surface area contributed by atoms with E-state index in [1.54, 1.807) is 6.07 Å². The highest BCUT2D eigenvalue weighted by molar-refractivity contribution is 6.29. The first-order chi connectivity index (χ1) is 8.38. The number of hydrogen-bond donors (Lipinski definition) is 1. The van der Waals surface area contributed by atoms with Crippen LogP contribution >= 0.6 is 11.6 Å². The summed E-state index contributed by atoms with van der Waals surface area (Å²) in [7, 11) is 4.21. The van der Waals surface area contributed by atoms with E-state index < -0.39 is 0 Å². The molecular formula is C13H23ClN4. The van der Waals surface area contributed by atoms with E-state index in [1.165, 1.54) is 0 Å². The van der Waals surface area contributed by atoms with Crippen LogP contribution in [0.1, 0.15) is 26.1 Å². The van der Waals surface area contributed by atoms with Gasteiger partial charge in [0.15, 0.2) is 0 Å². The van der Waals surface area contributed by atoms with E-state index >= 15 is 0 Å². The minimum Gasteiger partial charge on any atom is -0.368 e. The molecule has 1 unspecified atom stereocenters. The number of halogens is 1. The number of anilines is 1. The number of nitrogens with zero attached hydrogens (tertiary/aromatic N) is 3. The number of hydrogen-bond acceptors (Lipinski definition) is 4. The van der Waals surface area contributed by atoms with Gasteiger partial charge >= 0.3 is 0 Å². The Balaban J connectivity index is 2.61.